The van der Waals surface area contributed by atoms with E-state index in [-0.39, 0.29) is 96.7 Å². The fraction of sp³-hybridized carbons (Fsp3) is 0.413. The lowest BCUT2D eigenvalue weighted by atomic mass is 9.94. The Kier molecular flexibility index (Phi) is 14.5. The number of aliphatic hydroxyl groups is 1. The maximum Gasteiger partial charge on any atom is 0.309 e. The summed E-state index contributed by atoms with van der Waals surface area (Å²) in [5.74, 6) is -8.28. The number of hydrogen-bond acceptors (Lipinski definition) is 11. The van der Waals surface area contributed by atoms with E-state index in [4.69, 9.17) is 61.1 Å². The van der Waals surface area contributed by atoms with E-state index >= 15 is 0 Å². The fourth-order valence-corrected chi connectivity index (χ4v) is 12.0. The highest BCUT2D eigenvalue weighted by Gasteiger charge is 2.38. The number of rotatable bonds is 15. The number of fused-ring (bicyclic) bond motifs is 2. The van der Waals surface area contributed by atoms with Crippen LogP contribution in [-0.4, -0.2) is 104 Å². The number of anilines is 2. The number of carbonyl (C=O) groups excluding carboxylic acids is 1. The lowest BCUT2D eigenvalue weighted by Crippen LogP contribution is -2.39. The zero-order valence-corrected chi connectivity index (χ0v) is 41.7. The van der Waals surface area contributed by atoms with Crippen LogP contribution in [0.25, 0.3) is 22.1 Å². The van der Waals surface area contributed by atoms with Gasteiger partial charge < -0.3 is 29.6 Å². The molecule has 6 aromatic rings. The first-order valence-corrected chi connectivity index (χ1v) is 26.8. The standard InChI is InChI=1S/C46H46Cl4F4N6O7S2/c1-3-68(63,64)27-9-5-25(6-10-27)29(43-55-33-23-31(47)41(37(49)39(33)57-43)59-17-13-45(51,52)14-18-59)21-35(61)67-36(62)22-30(26-7-11-28(12-8-26)69(65,66)4-2)44-56-34-24-32(48)42(38(50)40(34)58-44)60-19-15-46(53,54)16-20-60/h5-12,23-24,29-30,35,61H,3-4,13-22H2,1-2H3,(H,55,57)(H,56,58). The monoisotopic (exact) mass is 1070 g/mol. The number of esters is 1. The molecule has 2 saturated heterocycles. The summed E-state index contributed by atoms with van der Waals surface area (Å²) in [5.41, 5.74) is 2.81. The number of nitrogens with zero attached hydrogens (tertiary/aromatic N) is 4. The summed E-state index contributed by atoms with van der Waals surface area (Å²) in [6.07, 6.45) is -4.14. The quantitative estimate of drug-likeness (QED) is 0.0506. The highest BCUT2D eigenvalue weighted by atomic mass is 35.5. The molecule has 13 nitrogen and oxygen atoms in total. The summed E-state index contributed by atoms with van der Waals surface area (Å²) in [7, 11) is -7.20. The molecule has 2 aromatic heterocycles. The van der Waals surface area contributed by atoms with Crippen molar-refractivity contribution >= 4 is 105 Å². The van der Waals surface area contributed by atoms with E-state index < -0.39 is 87.7 Å². The summed E-state index contributed by atoms with van der Waals surface area (Å²) in [5, 5.41) is 12.1. The minimum absolute atomic E-state index is 0.000795. The van der Waals surface area contributed by atoms with Crippen LogP contribution in [0, 0.1) is 0 Å². The topological polar surface area (TPSA) is 179 Å². The van der Waals surface area contributed by atoms with Crippen LogP contribution in [0.3, 0.4) is 0 Å². The summed E-state index contributed by atoms with van der Waals surface area (Å²) in [6, 6.07) is 14.9. The third-order valence-corrected chi connectivity index (χ3v) is 17.5. The Labute approximate surface area is 415 Å². The molecule has 4 aromatic carbocycles. The minimum atomic E-state index is -3.60. The number of hydrogen-bond donors (Lipinski definition) is 3. The normalized spacial score (nSPS) is 17.8. The van der Waals surface area contributed by atoms with E-state index in [1.807, 2.05) is 0 Å². The summed E-state index contributed by atoms with van der Waals surface area (Å²) < 4.78 is 113. The SMILES string of the molecule is CCS(=O)(=O)c1ccc(C(CC(=O)OC(O)CC(c2ccc(S(=O)(=O)CC)cc2)c2nc3c(Cl)c(N4CCC(F)(F)CC4)c(Cl)cc3[nH]2)c2nc3c(Cl)c(N4CCC(F)(F)CC4)c(Cl)cc3[nH]2)cc1. The van der Waals surface area contributed by atoms with Crippen molar-refractivity contribution in [1.29, 1.82) is 0 Å². The zero-order valence-electron chi connectivity index (χ0n) is 37.0. The van der Waals surface area contributed by atoms with Crippen molar-refractivity contribution < 1.29 is 49.0 Å². The van der Waals surface area contributed by atoms with Crippen LogP contribution in [0.4, 0.5) is 28.9 Å². The molecule has 8 rings (SSSR count). The molecule has 3 atom stereocenters. The lowest BCUT2D eigenvalue weighted by molar-refractivity contribution is -0.169. The largest absolute Gasteiger partial charge is 0.436 e. The second-order valence-corrected chi connectivity index (χ2v) is 23.3. The third-order valence-electron chi connectivity index (χ3n) is 12.7. The molecule has 2 aliphatic rings. The van der Waals surface area contributed by atoms with Gasteiger partial charge in [0.1, 0.15) is 22.7 Å². The van der Waals surface area contributed by atoms with Crippen LogP contribution < -0.4 is 9.80 Å². The Bertz CT molecular complexity index is 3120. The predicted molar refractivity (Wildman–Crippen MR) is 258 cm³/mol. The molecule has 0 bridgehead atoms. The average Bonchev–Trinajstić information content (AvgIpc) is 3.93. The van der Waals surface area contributed by atoms with Gasteiger partial charge in [0, 0.05) is 64.2 Å². The van der Waals surface area contributed by atoms with Crippen LogP contribution in [0.5, 0.6) is 0 Å². The van der Waals surface area contributed by atoms with E-state index in [1.165, 1.54) is 50.2 Å². The number of ether oxygens (including phenoxy) is 1. The van der Waals surface area contributed by atoms with E-state index in [0.717, 1.165) is 0 Å². The molecule has 3 unspecified atom stereocenters. The highest BCUT2D eigenvalue weighted by Crippen LogP contribution is 2.45. The molecule has 2 aliphatic heterocycles. The molecule has 23 heteroatoms. The van der Waals surface area contributed by atoms with Crippen LogP contribution in [-0.2, 0) is 29.2 Å². The van der Waals surface area contributed by atoms with Gasteiger partial charge in [-0.3, -0.25) is 4.79 Å². The Morgan fingerprint density at radius 3 is 1.45 bits per heavy atom. The average molecular weight is 1080 g/mol. The van der Waals surface area contributed by atoms with Crippen molar-refractivity contribution in [3.05, 3.63) is 104 Å². The van der Waals surface area contributed by atoms with Crippen molar-refractivity contribution in [1.82, 2.24) is 19.9 Å². The van der Waals surface area contributed by atoms with Crippen molar-refractivity contribution in [2.75, 3.05) is 47.5 Å². The van der Waals surface area contributed by atoms with Crippen molar-refractivity contribution in [3.63, 3.8) is 0 Å². The number of aromatic amines is 2. The van der Waals surface area contributed by atoms with Gasteiger partial charge in [-0.05, 0) is 47.5 Å². The molecule has 2 fully saturated rings. The van der Waals surface area contributed by atoms with Crippen molar-refractivity contribution in [2.45, 2.75) is 92.1 Å². The van der Waals surface area contributed by atoms with Gasteiger partial charge in [0.2, 0.25) is 6.29 Å². The van der Waals surface area contributed by atoms with Crippen molar-refractivity contribution in [3.8, 4) is 0 Å². The van der Waals surface area contributed by atoms with Crippen LogP contribution in [0.15, 0.2) is 70.5 Å². The van der Waals surface area contributed by atoms with Gasteiger partial charge in [0.25, 0.3) is 11.8 Å². The number of nitrogens with one attached hydrogen (secondary N) is 2. The first-order chi connectivity index (χ1) is 32.5. The van der Waals surface area contributed by atoms with Crippen LogP contribution in [0.1, 0.15) is 87.0 Å². The van der Waals surface area contributed by atoms with Gasteiger partial charge in [-0.1, -0.05) is 84.5 Å². The van der Waals surface area contributed by atoms with Gasteiger partial charge in [0.05, 0.1) is 76.1 Å². The number of benzene rings is 4. The Morgan fingerprint density at radius 1 is 0.681 bits per heavy atom. The molecule has 0 saturated carbocycles. The number of sulfone groups is 2. The molecule has 370 valence electrons. The fourth-order valence-electron chi connectivity index (χ4n) is 8.75. The third kappa shape index (κ3) is 10.8. The molecular weight excluding hydrogens is 1030 g/mol. The van der Waals surface area contributed by atoms with Gasteiger partial charge in [-0.25, -0.2) is 44.4 Å². The molecule has 0 aliphatic carbocycles. The molecule has 4 heterocycles. The smallest absolute Gasteiger partial charge is 0.309 e. The minimum Gasteiger partial charge on any atom is -0.436 e. The van der Waals surface area contributed by atoms with E-state index in [0.29, 0.717) is 33.5 Å². The number of aliphatic hydroxyl groups excluding tert-OH is 1. The summed E-state index contributed by atoms with van der Waals surface area (Å²) >= 11 is 27.2. The lowest BCUT2D eigenvalue weighted by Gasteiger charge is -2.34. The number of carbonyl (C=O) groups is 1. The number of H-pyrrole nitrogens is 2. The van der Waals surface area contributed by atoms with Crippen molar-refractivity contribution in [2.24, 2.45) is 0 Å². The van der Waals surface area contributed by atoms with E-state index in [9.17, 15) is 44.3 Å². The van der Waals surface area contributed by atoms with Gasteiger partial charge in [-0.15, -0.1) is 0 Å². The summed E-state index contributed by atoms with van der Waals surface area (Å²) in [4.78, 5) is 33.3. The number of imidazole rings is 2. The first kappa shape index (κ1) is 51.0. The Hall–Kier alpha value is -4.37. The molecule has 69 heavy (non-hydrogen) atoms. The molecule has 0 radical (unpaired) electrons. The maximum absolute atomic E-state index is 14.1. The Balaban J connectivity index is 1.10. The molecule has 0 spiro atoms. The van der Waals surface area contributed by atoms with E-state index in [1.54, 1.807) is 34.1 Å². The summed E-state index contributed by atoms with van der Waals surface area (Å²) in [6.45, 7) is 3.01. The maximum atomic E-state index is 14.1. The number of alkyl halides is 4. The molecule has 0 amide bonds. The van der Waals surface area contributed by atoms with Crippen LogP contribution in [0.2, 0.25) is 20.1 Å². The second-order valence-electron chi connectivity index (χ2n) is 17.2. The predicted octanol–water partition coefficient (Wildman–Crippen LogP) is 10.7. The zero-order chi connectivity index (χ0) is 49.8. The second kappa shape index (κ2) is 19.7. The van der Waals surface area contributed by atoms with Gasteiger partial charge >= 0.3 is 5.97 Å². The highest BCUT2D eigenvalue weighted by molar-refractivity contribution is 7.91. The number of aromatic nitrogens is 4. The van der Waals surface area contributed by atoms with Gasteiger partial charge in [-0.2, -0.15) is 0 Å². The molecular formula is C46H46Cl4F4N6O7S2. The van der Waals surface area contributed by atoms with E-state index in [2.05, 4.69) is 9.97 Å². The van der Waals surface area contributed by atoms with Gasteiger partial charge in [0.15, 0.2) is 19.7 Å². The van der Waals surface area contributed by atoms with Crippen LogP contribution >= 0.6 is 46.4 Å². The number of halogens is 8. The first-order valence-electron chi connectivity index (χ1n) is 22.0. The Morgan fingerprint density at radius 2 is 1.06 bits per heavy atom. The number of piperidine rings is 2. The molecule has 3 N–H and O–H groups in total.